The third-order valence-electron chi connectivity index (χ3n) is 1.82. The first-order chi connectivity index (χ1) is 6.27. The van der Waals surface area contributed by atoms with E-state index in [9.17, 15) is 4.79 Å². The van der Waals surface area contributed by atoms with Gasteiger partial charge in [0.25, 0.3) is 0 Å². The quantitative estimate of drug-likeness (QED) is 0.539. The number of alkyl halides is 1. The predicted octanol–water partition coefficient (Wildman–Crippen LogP) is 2.10. The van der Waals surface area contributed by atoms with Gasteiger partial charge in [-0.25, -0.2) is 0 Å². The minimum absolute atomic E-state index is 0.0273. The van der Waals surface area contributed by atoms with Gasteiger partial charge < -0.3 is 0 Å². The number of carbonyl (C=O) groups is 1. The molecule has 0 aliphatic carbocycles. The Balaban J connectivity index is 2.58. The number of nitrogens with zero attached hydrogens (tertiary/aromatic N) is 2. The molecule has 13 heavy (non-hydrogen) atoms. The lowest BCUT2D eigenvalue weighted by Crippen LogP contribution is -1.99. The first-order valence-electron chi connectivity index (χ1n) is 4.39. The van der Waals surface area contributed by atoms with Crippen LogP contribution >= 0.6 is 11.6 Å². The summed E-state index contributed by atoms with van der Waals surface area (Å²) in [5, 5.41) is 4.06. The molecule has 1 heterocycles. The number of aryl methyl sites for hydroxylation is 1. The standard InChI is InChI=1S/C9H13ClN2O/c1-2-3-4-12-7-8(6-11-12)9(13)5-10/h6-7H,2-5H2,1H3. The number of hydrogen-bond donors (Lipinski definition) is 0. The maximum absolute atomic E-state index is 11.1. The number of Topliss-reactive ketones (excluding diaryl/α,β-unsaturated/α-hetero) is 1. The van der Waals surface area contributed by atoms with E-state index in [-0.39, 0.29) is 11.7 Å². The van der Waals surface area contributed by atoms with E-state index in [0.29, 0.717) is 5.56 Å². The molecule has 0 saturated heterocycles. The van der Waals surface area contributed by atoms with Crippen molar-refractivity contribution < 1.29 is 4.79 Å². The summed E-state index contributed by atoms with van der Waals surface area (Å²) in [6.45, 7) is 2.99. The smallest absolute Gasteiger partial charge is 0.180 e. The van der Waals surface area contributed by atoms with Crippen LogP contribution < -0.4 is 0 Å². The second-order valence-corrected chi connectivity index (χ2v) is 3.17. The normalized spacial score (nSPS) is 10.3. The molecule has 0 atom stereocenters. The van der Waals surface area contributed by atoms with E-state index in [2.05, 4.69) is 12.0 Å². The van der Waals surface area contributed by atoms with Crippen molar-refractivity contribution in [1.82, 2.24) is 9.78 Å². The van der Waals surface area contributed by atoms with E-state index in [1.54, 1.807) is 17.1 Å². The van der Waals surface area contributed by atoms with E-state index in [4.69, 9.17) is 11.6 Å². The fraction of sp³-hybridized carbons (Fsp3) is 0.556. The largest absolute Gasteiger partial charge is 0.293 e. The SMILES string of the molecule is CCCCn1cc(C(=O)CCl)cn1. The van der Waals surface area contributed by atoms with Gasteiger partial charge in [0.15, 0.2) is 5.78 Å². The van der Waals surface area contributed by atoms with Crippen LogP contribution in [0.15, 0.2) is 12.4 Å². The molecule has 0 spiro atoms. The van der Waals surface area contributed by atoms with E-state index in [0.717, 1.165) is 19.4 Å². The molecule has 1 aromatic heterocycles. The van der Waals surface area contributed by atoms with Gasteiger partial charge in [-0.2, -0.15) is 5.10 Å². The highest BCUT2D eigenvalue weighted by atomic mass is 35.5. The van der Waals surface area contributed by atoms with Gasteiger partial charge in [0.2, 0.25) is 0 Å². The summed E-state index contributed by atoms with van der Waals surface area (Å²) in [6.07, 6.45) is 5.52. The number of rotatable bonds is 5. The third kappa shape index (κ3) is 2.84. The molecule has 0 bridgehead atoms. The molecule has 0 amide bonds. The van der Waals surface area contributed by atoms with Gasteiger partial charge in [0.1, 0.15) is 0 Å². The van der Waals surface area contributed by atoms with Gasteiger partial charge in [-0.05, 0) is 6.42 Å². The van der Waals surface area contributed by atoms with E-state index >= 15 is 0 Å². The molecule has 4 heteroatoms. The van der Waals surface area contributed by atoms with Gasteiger partial charge in [-0.1, -0.05) is 13.3 Å². The lowest BCUT2D eigenvalue weighted by atomic mass is 10.3. The van der Waals surface area contributed by atoms with Crippen LogP contribution in [-0.4, -0.2) is 21.4 Å². The summed E-state index contributed by atoms with van der Waals surface area (Å²) in [6, 6.07) is 0. The van der Waals surface area contributed by atoms with Crippen LogP contribution in [0.2, 0.25) is 0 Å². The average Bonchev–Trinajstić information content (AvgIpc) is 2.62. The van der Waals surface area contributed by atoms with Crippen molar-refractivity contribution in [2.45, 2.75) is 26.3 Å². The number of hydrogen-bond acceptors (Lipinski definition) is 2. The Hall–Kier alpha value is -0.830. The molecule has 0 fully saturated rings. The fourth-order valence-electron chi connectivity index (χ4n) is 1.03. The highest BCUT2D eigenvalue weighted by Crippen LogP contribution is 2.02. The molecule has 1 aromatic rings. The summed E-state index contributed by atoms with van der Waals surface area (Å²) in [5.41, 5.74) is 0.603. The molecule has 0 aromatic carbocycles. The lowest BCUT2D eigenvalue weighted by molar-refractivity contribution is 0.102. The monoisotopic (exact) mass is 200 g/mol. The van der Waals surface area contributed by atoms with E-state index in [1.807, 2.05) is 0 Å². The van der Waals surface area contributed by atoms with Gasteiger partial charge in [0, 0.05) is 12.7 Å². The molecule has 3 nitrogen and oxygen atoms in total. The summed E-state index contributed by atoms with van der Waals surface area (Å²) >= 11 is 5.41. The van der Waals surface area contributed by atoms with Crippen molar-refractivity contribution in [3.8, 4) is 0 Å². The minimum atomic E-state index is -0.0654. The molecule has 0 aliphatic heterocycles. The van der Waals surface area contributed by atoms with E-state index < -0.39 is 0 Å². The summed E-state index contributed by atoms with van der Waals surface area (Å²) in [7, 11) is 0. The molecule has 0 saturated carbocycles. The van der Waals surface area contributed by atoms with Crippen LogP contribution in [0, 0.1) is 0 Å². The lowest BCUT2D eigenvalue weighted by Gasteiger charge is -1.96. The van der Waals surface area contributed by atoms with Gasteiger partial charge in [-0.3, -0.25) is 9.48 Å². The zero-order valence-corrected chi connectivity index (χ0v) is 8.42. The summed E-state index contributed by atoms with van der Waals surface area (Å²) < 4.78 is 1.78. The van der Waals surface area contributed by atoms with Crippen molar-refractivity contribution in [3.05, 3.63) is 18.0 Å². The topological polar surface area (TPSA) is 34.9 Å². The average molecular weight is 201 g/mol. The van der Waals surface area contributed by atoms with Crippen molar-refractivity contribution in [3.63, 3.8) is 0 Å². The predicted molar refractivity (Wildman–Crippen MR) is 52.2 cm³/mol. The zero-order valence-electron chi connectivity index (χ0n) is 7.66. The van der Waals surface area contributed by atoms with Crippen LogP contribution in [0.5, 0.6) is 0 Å². The van der Waals surface area contributed by atoms with Crippen LogP contribution in [-0.2, 0) is 6.54 Å². The fourth-order valence-corrected chi connectivity index (χ4v) is 1.18. The Morgan fingerprint density at radius 3 is 3.08 bits per heavy atom. The van der Waals surface area contributed by atoms with Crippen molar-refractivity contribution in [2.75, 3.05) is 5.88 Å². The maximum atomic E-state index is 11.1. The van der Waals surface area contributed by atoms with Crippen molar-refractivity contribution in [1.29, 1.82) is 0 Å². The van der Waals surface area contributed by atoms with Crippen LogP contribution in [0.3, 0.4) is 0 Å². The highest BCUT2D eigenvalue weighted by molar-refractivity contribution is 6.30. The Morgan fingerprint density at radius 1 is 1.69 bits per heavy atom. The first-order valence-corrected chi connectivity index (χ1v) is 4.93. The molecule has 72 valence electrons. The van der Waals surface area contributed by atoms with E-state index in [1.165, 1.54) is 0 Å². The second kappa shape index (κ2) is 5.02. The molecule has 1 rings (SSSR count). The number of ketones is 1. The van der Waals surface area contributed by atoms with Gasteiger partial charge in [0.05, 0.1) is 17.6 Å². The van der Waals surface area contributed by atoms with Crippen LogP contribution in [0.4, 0.5) is 0 Å². The third-order valence-corrected chi connectivity index (χ3v) is 2.06. The summed E-state index contributed by atoms with van der Waals surface area (Å²) in [4.78, 5) is 11.1. The first kappa shape index (κ1) is 10.3. The van der Waals surface area contributed by atoms with Crippen molar-refractivity contribution >= 4 is 17.4 Å². The summed E-state index contributed by atoms with van der Waals surface area (Å²) in [5.74, 6) is -0.0381. The Morgan fingerprint density at radius 2 is 2.46 bits per heavy atom. The maximum Gasteiger partial charge on any atom is 0.180 e. The van der Waals surface area contributed by atoms with Crippen LogP contribution in [0.25, 0.3) is 0 Å². The molecule has 0 N–H and O–H groups in total. The Labute approximate surface area is 82.7 Å². The number of carbonyl (C=O) groups excluding carboxylic acids is 1. The molecular weight excluding hydrogens is 188 g/mol. The number of halogens is 1. The second-order valence-electron chi connectivity index (χ2n) is 2.90. The molecule has 0 aliphatic rings. The molecular formula is C9H13ClN2O. The minimum Gasteiger partial charge on any atom is -0.293 e. The highest BCUT2D eigenvalue weighted by Gasteiger charge is 2.06. The zero-order chi connectivity index (χ0) is 9.68. The Bertz CT molecular complexity index is 283. The number of unbranched alkanes of at least 4 members (excludes halogenated alkanes) is 1. The molecule has 0 unspecified atom stereocenters. The molecule has 0 radical (unpaired) electrons. The Kier molecular flexibility index (Phi) is 3.96. The van der Waals surface area contributed by atoms with Gasteiger partial charge >= 0.3 is 0 Å². The van der Waals surface area contributed by atoms with Crippen LogP contribution in [0.1, 0.15) is 30.1 Å². The number of aromatic nitrogens is 2. The van der Waals surface area contributed by atoms with Crippen molar-refractivity contribution in [2.24, 2.45) is 0 Å². The van der Waals surface area contributed by atoms with Gasteiger partial charge in [-0.15, -0.1) is 11.6 Å².